The zero-order valence-corrected chi connectivity index (χ0v) is 20.3. The molecule has 0 aliphatic heterocycles. The second-order valence-corrected chi connectivity index (χ2v) is 10.2. The zero-order chi connectivity index (χ0) is 23.5. The lowest BCUT2D eigenvalue weighted by atomic mass is 9.95. The van der Waals surface area contributed by atoms with Gasteiger partial charge in [-0.3, -0.25) is 9.78 Å². The first kappa shape index (κ1) is 25.6. The van der Waals surface area contributed by atoms with Crippen LogP contribution in [0, 0.1) is 0 Å². The van der Waals surface area contributed by atoms with Gasteiger partial charge in [0.1, 0.15) is 17.3 Å². The van der Waals surface area contributed by atoms with Gasteiger partial charge in [-0.15, -0.1) is 12.4 Å². The van der Waals surface area contributed by atoms with Crippen LogP contribution in [0.2, 0.25) is 0 Å². The maximum absolute atomic E-state index is 13.0. The highest BCUT2D eigenvalue weighted by Crippen LogP contribution is 2.47. The van der Waals surface area contributed by atoms with E-state index in [1.807, 2.05) is 12.1 Å². The Hall–Kier alpha value is -3.01. The van der Waals surface area contributed by atoms with E-state index >= 15 is 0 Å². The van der Waals surface area contributed by atoms with Crippen LogP contribution in [0.3, 0.4) is 0 Å². The third-order valence-corrected chi connectivity index (χ3v) is 7.34. The molecule has 0 saturated heterocycles. The molecule has 1 aliphatic rings. The van der Waals surface area contributed by atoms with Crippen molar-refractivity contribution in [2.75, 3.05) is 11.9 Å². The standard InChI is InChI=1S/C24H26N4O4S.ClH/c1-24(11-12-24)18-9-7-17(8-10-18)14-21(28-33(31,32)19-4-3-13-25-15-19)20-5-2-6-22(27-20)26-16-23(29)30;/h2-10,13,15,21,28H,11-12,14,16H2,1H3,(H,26,27)(H,29,30);1H. The summed E-state index contributed by atoms with van der Waals surface area (Å²) in [6, 6.07) is 15.7. The van der Waals surface area contributed by atoms with Gasteiger partial charge in [-0.25, -0.2) is 18.1 Å². The molecule has 180 valence electrons. The number of carboxylic acid groups (broad SMARTS) is 1. The molecule has 0 radical (unpaired) electrons. The number of nitrogens with zero attached hydrogens (tertiary/aromatic N) is 2. The molecule has 34 heavy (non-hydrogen) atoms. The highest BCUT2D eigenvalue weighted by molar-refractivity contribution is 7.89. The molecule has 3 N–H and O–H groups in total. The minimum atomic E-state index is -3.85. The van der Waals surface area contributed by atoms with Crippen molar-refractivity contribution in [2.24, 2.45) is 0 Å². The summed E-state index contributed by atoms with van der Waals surface area (Å²) >= 11 is 0. The lowest BCUT2D eigenvalue weighted by Gasteiger charge is -2.20. The molecule has 3 aromatic rings. The number of sulfonamides is 1. The molecule has 8 nitrogen and oxygen atoms in total. The number of aromatic nitrogens is 2. The molecule has 1 saturated carbocycles. The number of hydrogen-bond donors (Lipinski definition) is 3. The van der Waals surface area contributed by atoms with Gasteiger partial charge in [-0.05, 0) is 60.1 Å². The van der Waals surface area contributed by atoms with Gasteiger partial charge < -0.3 is 10.4 Å². The molecule has 0 spiro atoms. The smallest absolute Gasteiger partial charge is 0.322 e. The molecule has 1 unspecified atom stereocenters. The fraction of sp³-hybridized carbons (Fsp3) is 0.292. The van der Waals surface area contributed by atoms with Crippen molar-refractivity contribution >= 4 is 34.2 Å². The number of aliphatic carboxylic acids is 1. The Bertz CT molecular complexity index is 1230. The zero-order valence-electron chi connectivity index (χ0n) is 18.6. The fourth-order valence-electron chi connectivity index (χ4n) is 3.63. The lowest BCUT2D eigenvalue weighted by molar-refractivity contribution is -0.134. The third kappa shape index (κ3) is 6.31. The van der Waals surface area contributed by atoms with E-state index in [-0.39, 0.29) is 29.3 Å². The molecule has 1 aromatic carbocycles. The maximum atomic E-state index is 13.0. The van der Waals surface area contributed by atoms with Gasteiger partial charge in [0.05, 0.1) is 11.7 Å². The molecule has 0 bridgehead atoms. The van der Waals surface area contributed by atoms with Crippen molar-refractivity contribution in [3.05, 3.63) is 83.8 Å². The van der Waals surface area contributed by atoms with E-state index in [1.54, 1.807) is 24.3 Å². The number of pyridine rings is 2. The summed E-state index contributed by atoms with van der Waals surface area (Å²) in [5, 5.41) is 11.7. The van der Waals surface area contributed by atoms with Crippen LogP contribution in [0.15, 0.2) is 71.9 Å². The van der Waals surface area contributed by atoms with E-state index in [0.717, 1.165) is 5.56 Å². The Morgan fingerprint density at radius 3 is 2.47 bits per heavy atom. The van der Waals surface area contributed by atoms with Gasteiger partial charge in [-0.1, -0.05) is 37.3 Å². The van der Waals surface area contributed by atoms with Gasteiger partial charge in [0.25, 0.3) is 0 Å². The van der Waals surface area contributed by atoms with Gasteiger partial charge in [0.2, 0.25) is 10.0 Å². The quantitative estimate of drug-likeness (QED) is 0.386. The number of nitrogens with one attached hydrogen (secondary N) is 2. The van der Waals surface area contributed by atoms with Crippen LogP contribution in [0.25, 0.3) is 0 Å². The number of benzene rings is 1. The molecule has 2 aromatic heterocycles. The van der Waals surface area contributed by atoms with E-state index in [1.165, 1.54) is 36.9 Å². The van der Waals surface area contributed by atoms with Crippen molar-refractivity contribution in [3.8, 4) is 0 Å². The first-order chi connectivity index (χ1) is 15.7. The van der Waals surface area contributed by atoms with Crippen LogP contribution < -0.4 is 10.0 Å². The van der Waals surface area contributed by atoms with E-state index in [9.17, 15) is 13.2 Å². The first-order valence-electron chi connectivity index (χ1n) is 10.7. The van der Waals surface area contributed by atoms with Gasteiger partial charge in [-0.2, -0.15) is 0 Å². The molecular weight excluding hydrogens is 476 g/mol. The van der Waals surface area contributed by atoms with Crippen molar-refractivity contribution < 1.29 is 18.3 Å². The van der Waals surface area contributed by atoms with Gasteiger partial charge in [0, 0.05) is 12.4 Å². The normalized spacial score (nSPS) is 15.1. The van der Waals surface area contributed by atoms with E-state index in [4.69, 9.17) is 5.11 Å². The van der Waals surface area contributed by atoms with Gasteiger partial charge in [0.15, 0.2) is 0 Å². The average molecular weight is 503 g/mol. The first-order valence-corrected chi connectivity index (χ1v) is 12.2. The molecule has 0 amide bonds. The predicted octanol–water partition coefficient (Wildman–Crippen LogP) is 3.71. The summed E-state index contributed by atoms with van der Waals surface area (Å²) in [4.78, 5) is 19.3. The van der Waals surface area contributed by atoms with E-state index < -0.39 is 22.0 Å². The SMILES string of the molecule is CC1(c2ccc(CC(NS(=O)(=O)c3cccnc3)c3cccc(NCC(=O)O)n3)cc2)CC1.Cl. The predicted molar refractivity (Wildman–Crippen MR) is 132 cm³/mol. The molecule has 4 rings (SSSR count). The summed E-state index contributed by atoms with van der Waals surface area (Å²) in [7, 11) is -3.85. The van der Waals surface area contributed by atoms with E-state index in [2.05, 4.69) is 39.1 Å². The number of halogens is 1. The maximum Gasteiger partial charge on any atom is 0.322 e. The molecule has 10 heteroatoms. The lowest BCUT2D eigenvalue weighted by Crippen LogP contribution is -2.31. The molecule has 2 heterocycles. The van der Waals surface area contributed by atoms with Crippen LogP contribution in [0.4, 0.5) is 5.82 Å². The summed E-state index contributed by atoms with van der Waals surface area (Å²) < 4.78 is 28.8. The molecule has 1 fully saturated rings. The van der Waals surface area contributed by atoms with Crippen molar-refractivity contribution in [3.63, 3.8) is 0 Å². The Labute approximate surface area is 205 Å². The van der Waals surface area contributed by atoms with Crippen molar-refractivity contribution in [1.29, 1.82) is 0 Å². The van der Waals surface area contributed by atoms with Gasteiger partial charge >= 0.3 is 5.97 Å². The highest BCUT2D eigenvalue weighted by Gasteiger charge is 2.38. The minimum absolute atomic E-state index is 0. The van der Waals surface area contributed by atoms with Crippen LogP contribution in [0.1, 0.15) is 42.6 Å². The number of carboxylic acids is 1. The highest BCUT2D eigenvalue weighted by atomic mass is 35.5. The number of anilines is 1. The average Bonchev–Trinajstić information content (AvgIpc) is 3.57. The molecule has 1 aliphatic carbocycles. The van der Waals surface area contributed by atoms with Crippen LogP contribution in [0.5, 0.6) is 0 Å². The van der Waals surface area contributed by atoms with Crippen LogP contribution in [-0.4, -0.2) is 36.0 Å². The Balaban J connectivity index is 0.00000324. The number of carbonyl (C=O) groups is 1. The summed E-state index contributed by atoms with van der Waals surface area (Å²) in [6.07, 6.45) is 5.55. The van der Waals surface area contributed by atoms with Crippen molar-refractivity contribution in [1.82, 2.24) is 14.7 Å². The topological polar surface area (TPSA) is 121 Å². The third-order valence-electron chi connectivity index (χ3n) is 5.88. The van der Waals surface area contributed by atoms with Crippen LogP contribution in [-0.2, 0) is 26.7 Å². The Kier molecular flexibility index (Phi) is 7.91. The summed E-state index contributed by atoms with van der Waals surface area (Å²) in [5.74, 6) is -0.655. The van der Waals surface area contributed by atoms with Crippen LogP contribution >= 0.6 is 12.4 Å². The monoisotopic (exact) mass is 502 g/mol. The fourth-order valence-corrected chi connectivity index (χ4v) is 4.81. The number of rotatable bonds is 10. The second-order valence-electron chi connectivity index (χ2n) is 8.52. The number of hydrogen-bond acceptors (Lipinski definition) is 6. The molecule has 1 atom stereocenters. The van der Waals surface area contributed by atoms with Crippen molar-refractivity contribution in [2.45, 2.75) is 42.5 Å². The Morgan fingerprint density at radius 1 is 1.12 bits per heavy atom. The summed E-state index contributed by atoms with van der Waals surface area (Å²) in [5.41, 5.74) is 2.99. The molecular formula is C24H27ClN4O4S. The second kappa shape index (κ2) is 10.5. The minimum Gasteiger partial charge on any atom is -0.480 e. The Morgan fingerprint density at radius 2 is 1.85 bits per heavy atom. The summed E-state index contributed by atoms with van der Waals surface area (Å²) in [6.45, 7) is 1.95. The largest absolute Gasteiger partial charge is 0.480 e. The van der Waals surface area contributed by atoms with E-state index in [0.29, 0.717) is 17.9 Å².